The number of ether oxygens (including phenoxy) is 2. The van der Waals surface area contributed by atoms with E-state index < -0.39 is 17.4 Å². The Morgan fingerprint density at radius 2 is 2.00 bits per heavy atom. The van der Waals surface area contributed by atoms with Crippen molar-refractivity contribution in [2.24, 2.45) is 0 Å². The quantitative estimate of drug-likeness (QED) is 0.541. The summed E-state index contributed by atoms with van der Waals surface area (Å²) >= 11 is 0. The Morgan fingerprint density at radius 3 is 2.88 bits per heavy atom. The van der Waals surface area contributed by atoms with Crippen LogP contribution in [-0.4, -0.2) is 65.0 Å². The van der Waals surface area contributed by atoms with Gasteiger partial charge >= 0.3 is 6.01 Å². The van der Waals surface area contributed by atoms with Crippen LogP contribution >= 0.6 is 0 Å². The predicted molar refractivity (Wildman–Crippen MR) is 150 cm³/mol. The normalized spacial score (nSPS) is 33.1. The molecule has 5 aliphatic rings. The zero-order valence-corrected chi connectivity index (χ0v) is 23.5. The van der Waals surface area contributed by atoms with Crippen LogP contribution in [0.25, 0.3) is 0 Å². The molecule has 1 aliphatic carbocycles. The Kier molecular flexibility index (Phi) is 6.58. The summed E-state index contributed by atoms with van der Waals surface area (Å²) in [6.07, 6.45) is 5.86. The first kappa shape index (κ1) is 26.8. The van der Waals surface area contributed by atoms with Crippen LogP contribution in [0, 0.1) is 11.3 Å². The van der Waals surface area contributed by atoms with Crippen molar-refractivity contribution in [3.05, 3.63) is 40.6 Å². The summed E-state index contributed by atoms with van der Waals surface area (Å²) < 4.78 is 42.5. The molecule has 3 saturated heterocycles. The van der Waals surface area contributed by atoms with Gasteiger partial charge in [0.2, 0.25) is 0 Å². The number of rotatable bonds is 4. The first-order valence-corrected chi connectivity index (χ1v) is 15.1. The highest BCUT2D eigenvalue weighted by Gasteiger charge is 2.50. The molecule has 8 nitrogen and oxygen atoms in total. The maximum atomic E-state index is 15.0. The second kappa shape index (κ2) is 10.1. The summed E-state index contributed by atoms with van der Waals surface area (Å²) in [5.41, 5.74) is 8.42. The van der Waals surface area contributed by atoms with Gasteiger partial charge in [0, 0.05) is 50.1 Å². The number of fused-ring (bicyclic) bond motifs is 4. The van der Waals surface area contributed by atoms with E-state index in [2.05, 4.69) is 15.9 Å². The Morgan fingerprint density at radius 1 is 1.12 bits per heavy atom. The van der Waals surface area contributed by atoms with Gasteiger partial charge in [0.15, 0.2) is 5.67 Å². The number of nitrogens with two attached hydrogens (primary N) is 1. The monoisotopic (exact) mass is 564 g/mol. The van der Waals surface area contributed by atoms with Crippen molar-refractivity contribution in [2.75, 3.05) is 43.4 Å². The highest BCUT2D eigenvalue weighted by molar-refractivity contribution is 5.54. The number of nitrogen functional groups attached to an aromatic ring is 1. The lowest BCUT2D eigenvalue weighted by Crippen LogP contribution is -2.44. The number of benzene rings is 1. The highest BCUT2D eigenvalue weighted by atomic mass is 19.1. The second-order valence-electron chi connectivity index (χ2n) is 12.8. The number of aromatic nitrogens is 2. The molecule has 4 atom stereocenters. The lowest BCUT2D eigenvalue weighted by Gasteiger charge is -2.43. The second-order valence-corrected chi connectivity index (χ2v) is 12.8. The summed E-state index contributed by atoms with van der Waals surface area (Å²) in [5.74, 6) is 0.696. The first-order valence-electron chi connectivity index (χ1n) is 15.1. The van der Waals surface area contributed by atoms with Gasteiger partial charge in [0.1, 0.15) is 24.7 Å². The molecule has 3 fully saturated rings. The molecule has 2 N–H and O–H groups in total. The maximum absolute atomic E-state index is 15.0. The van der Waals surface area contributed by atoms with Gasteiger partial charge in [0.25, 0.3) is 0 Å². The summed E-state index contributed by atoms with van der Waals surface area (Å²) in [4.78, 5) is 14.1. The molecule has 7 rings (SSSR count). The zero-order chi connectivity index (χ0) is 28.2. The van der Waals surface area contributed by atoms with Gasteiger partial charge in [-0.2, -0.15) is 15.2 Å². The van der Waals surface area contributed by atoms with Crippen molar-refractivity contribution in [2.45, 2.75) is 93.8 Å². The largest absolute Gasteiger partial charge is 0.461 e. The van der Waals surface area contributed by atoms with Gasteiger partial charge < -0.3 is 20.1 Å². The summed E-state index contributed by atoms with van der Waals surface area (Å²) in [6, 6.07) is 8.24. The number of anilines is 2. The van der Waals surface area contributed by atoms with E-state index in [-0.39, 0.29) is 24.4 Å². The van der Waals surface area contributed by atoms with Gasteiger partial charge in [-0.1, -0.05) is 6.07 Å². The van der Waals surface area contributed by atoms with Crippen LogP contribution in [0.1, 0.15) is 73.8 Å². The van der Waals surface area contributed by atoms with E-state index in [0.29, 0.717) is 63.6 Å². The standard InChI is InChI=1S/C31H38F2N6O2/c32-22-15-30(8-3-12-39(30)17-22)20-40-28-36-26-16-31(9-1-4-21-5-6-23(35)14-25(21)31)41-18-24(26)27(37-28)38-11-2-7-29(33,19-34)10-13-38/h5-6,14,22H,1-4,7-13,15-18,20,35H2. The maximum Gasteiger partial charge on any atom is 0.318 e. The fourth-order valence-corrected chi connectivity index (χ4v) is 7.99. The number of halogens is 2. The molecule has 0 saturated carbocycles. The average Bonchev–Trinajstić information content (AvgIpc) is 3.41. The van der Waals surface area contributed by atoms with E-state index >= 15 is 4.39 Å². The van der Waals surface area contributed by atoms with Crippen LogP contribution in [0.4, 0.5) is 20.3 Å². The number of nitriles is 1. The van der Waals surface area contributed by atoms with E-state index in [0.717, 1.165) is 55.5 Å². The van der Waals surface area contributed by atoms with E-state index in [9.17, 15) is 9.65 Å². The van der Waals surface area contributed by atoms with Crippen molar-refractivity contribution < 1.29 is 18.3 Å². The molecule has 4 aliphatic heterocycles. The summed E-state index contributed by atoms with van der Waals surface area (Å²) in [6.45, 7) is 2.98. The van der Waals surface area contributed by atoms with Gasteiger partial charge in [0.05, 0.1) is 23.4 Å². The van der Waals surface area contributed by atoms with Crippen molar-refractivity contribution in [3.8, 4) is 12.1 Å². The van der Waals surface area contributed by atoms with Gasteiger partial charge in [-0.05, 0) is 74.8 Å². The molecule has 1 aromatic carbocycles. The van der Waals surface area contributed by atoms with Crippen LogP contribution in [0.5, 0.6) is 6.01 Å². The Bertz CT molecular complexity index is 1390. The molecule has 10 heteroatoms. The molecule has 0 radical (unpaired) electrons. The van der Waals surface area contributed by atoms with Crippen molar-refractivity contribution in [1.29, 1.82) is 5.26 Å². The molecule has 4 unspecified atom stereocenters. The number of aryl methyl sites for hydroxylation is 1. The van der Waals surface area contributed by atoms with Crippen LogP contribution < -0.4 is 15.4 Å². The van der Waals surface area contributed by atoms with Gasteiger partial charge in [-0.15, -0.1) is 0 Å². The molecule has 218 valence electrons. The van der Waals surface area contributed by atoms with Crippen LogP contribution in [0.2, 0.25) is 0 Å². The van der Waals surface area contributed by atoms with Crippen LogP contribution in [0.3, 0.4) is 0 Å². The molecular formula is C31H38F2N6O2. The topological polar surface area (TPSA) is 101 Å². The van der Waals surface area contributed by atoms with E-state index in [4.69, 9.17) is 25.2 Å². The Hall–Kier alpha value is -3.03. The number of nitrogens with zero attached hydrogens (tertiary/aromatic N) is 5. The summed E-state index contributed by atoms with van der Waals surface area (Å²) in [7, 11) is 0. The SMILES string of the molecule is N#CC1(F)CCCN(c2nc(OCC34CCCN3CC(F)C4)nc3c2COC2(CCCc4ccc(N)cc42)C3)CC1. The molecule has 1 aromatic heterocycles. The third-order valence-corrected chi connectivity index (χ3v) is 10.2. The van der Waals surface area contributed by atoms with Crippen LogP contribution in [-0.2, 0) is 29.8 Å². The van der Waals surface area contributed by atoms with E-state index in [1.54, 1.807) is 0 Å². The minimum absolute atomic E-state index is 0.117. The molecule has 0 bridgehead atoms. The number of alkyl halides is 2. The average molecular weight is 565 g/mol. The van der Waals surface area contributed by atoms with Crippen molar-refractivity contribution >= 4 is 11.5 Å². The van der Waals surface area contributed by atoms with E-state index in [1.807, 2.05) is 18.2 Å². The number of hydrogen-bond acceptors (Lipinski definition) is 8. The fraction of sp³-hybridized carbons (Fsp3) is 0.645. The van der Waals surface area contributed by atoms with Gasteiger partial charge in [-0.3, -0.25) is 4.90 Å². The highest BCUT2D eigenvalue weighted by Crippen LogP contribution is 2.47. The lowest BCUT2D eigenvalue weighted by molar-refractivity contribution is -0.0855. The molecule has 2 aromatic rings. The fourth-order valence-electron chi connectivity index (χ4n) is 7.99. The summed E-state index contributed by atoms with van der Waals surface area (Å²) in [5, 5.41) is 9.43. The molecule has 41 heavy (non-hydrogen) atoms. The lowest BCUT2D eigenvalue weighted by atomic mass is 9.74. The van der Waals surface area contributed by atoms with Crippen LogP contribution in [0.15, 0.2) is 18.2 Å². The predicted octanol–water partition coefficient (Wildman–Crippen LogP) is 4.54. The molecule has 0 amide bonds. The minimum Gasteiger partial charge on any atom is -0.461 e. The van der Waals surface area contributed by atoms with Gasteiger partial charge in [-0.25, -0.2) is 8.78 Å². The van der Waals surface area contributed by atoms with E-state index in [1.165, 1.54) is 5.56 Å². The molecular weight excluding hydrogens is 526 g/mol. The zero-order valence-electron chi connectivity index (χ0n) is 23.5. The minimum atomic E-state index is -1.83. The Balaban J connectivity index is 1.24. The third-order valence-electron chi connectivity index (χ3n) is 10.2. The van der Waals surface area contributed by atoms with Crippen molar-refractivity contribution in [3.63, 3.8) is 0 Å². The Labute approximate surface area is 239 Å². The first-order chi connectivity index (χ1) is 19.8. The number of hydrogen-bond donors (Lipinski definition) is 1. The van der Waals surface area contributed by atoms with Crippen molar-refractivity contribution in [1.82, 2.24) is 14.9 Å². The third kappa shape index (κ3) is 4.71. The smallest absolute Gasteiger partial charge is 0.318 e. The molecule has 1 spiro atoms. The molecule has 5 heterocycles.